The van der Waals surface area contributed by atoms with E-state index in [2.05, 4.69) is 17.1 Å². The average Bonchev–Trinajstić information content (AvgIpc) is 2.79. The van der Waals surface area contributed by atoms with E-state index in [1.54, 1.807) is 6.92 Å². The van der Waals surface area contributed by atoms with Crippen LogP contribution in [0.2, 0.25) is 0 Å². The number of carbonyl (C=O) groups is 2. The predicted octanol–water partition coefficient (Wildman–Crippen LogP) is 4.50. The monoisotopic (exact) mass is 431 g/mol. The van der Waals surface area contributed by atoms with Crippen LogP contribution in [0.15, 0.2) is 48.5 Å². The van der Waals surface area contributed by atoms with Crippen molar-refractivity contribution in [3.63, 3.8) is 0 Å². The van der Waals surface area contributed by atoms with E-state index in [1.807, 2.05) is 55.5 Å². The van der Waals surface area contributed by atoms with Gasteiger partial charge in [0.1, 0.15) is 0 Å². The van der Waals surface area contributed by atoms with Crippen molar-refractivity contribution in [1.82, 2.24) is 9.88 Å². The Bertz CT molecular complexity index is 1140. The molecule has 1 aliphatic rings. The van der Waals surface area contributed by atoms with Crippen LogP contribution in [-0.4, -0.2) is 41.0 Å². The molecule has 32 heavy (non-hydrogen) atoms. The van der Waals surface area contributed by atoms with Crippen LogP contribution >= 0.6 is 0 Å². The lowest BCUT2D eigenvalue weighted by Crippen LogP contribution is -2.34. The number of anilines is 1. The number of esters is 1. The fourth-order valence-corrected chi connectivity index (χ4v) is 4.14. The Morgan fingerprint density at radius 3 is 2.66 bits per heavy atom. The van der Waals surface area contributed by atoms with Crippen molar-refractivity contribution in [1.29, 1.82) is 0 Å². The van der Waals surface area contributed by atoms with Gasteiger partial charge in [-0.2, -0.15) is 0 Å². The van der Waals surface area contributed by atoms with Gasteiger partial charge >= 0.3 is 5.97 Å². The SMILES string of the molecule is CCCN1CCc2nc3ccccc3c(C(=O)OC(C)C(=O)Nc3ccc(C)cc3)c2C1. The lowest BCUT2D eigenvalue weighted by molar-refractivity contribution is -0.123. The summed E-state index contributed by atoms with van der Waals surface area (Å²) in [5, 5.41) is 3.58. The highest BCUT2D eigenvalue weighted by Gasteiger charge is 2.28. The third-order valence-electron chi connectivity index (χ3n) is 5.84. The van der Waals surface area contributed by atoms with Crippen LogP contribution in [0.5, 0.6) is 0 Å². The molecule has 166 valence electrons. The smallest absolute Gasteiger partial charge is 0.339 e. The fraction of sp³-hybridized carbons (Fsp3) is 0.346. The van der Waals surface area contributed by atoms with Crippen molar-refractivity contribution in [2.75, 3.05) is 18.4 Å². The van der Waals surface area contributed by atoms with E-state index in [1.165, 1.54) is 0 Å². The van der Waals surface area contributed by atoms with Crippen molar-refractivity contribution in [2.45, 2.75) is 46.3 Å². The topological polar surface area (TPSA) is 71.5 Å². The number of para-hydroxylation sites is 1. The molecule has 0 saturated carbocycles. The van der Waals surface area contributed by atoms with Gasteiger partial charge in [0, 0.05) is 41.8 Å². The summed E-state index contributed by atoms with van der Waals surface area (Å²) in [5.41, 5.74) is 4.94. The third kappa shape index (κ3) is 4.65. The number of nitrogens with one attached hydrogen (secondary N) is 1. The van der Waals surface area contributed by atoms with Gasteiger partial charge < -0.3 is 10.1 Å². The van der Waals surface area contributed by atoms with Crippen molar-refractivity contribution >= 4 is 28.5 Å². The molecule has 6 nitrogen and oxygen atoms in total. The Hall–Kier alpha value is -3.25. The molecule has 6 heteroatoms. The average molecular weight is 432 g/mol. The van der Waals surface area contributed by atoms with E-state index < -0.39 is 12.1 Å². The first-order valence-corrected chi connectivity index (χ1v) is 11.2. The first kappa shape index (κ1) is 22.0. The maximum Gasteiger partial charge on any atom is 0.339 e. The van der Waals surface area contributed by atoms with E-state index in [0.29, 0.717) is 17.8 Å². The van der Waals surface area contributed by atoms with Crippen LogP contribution in [0.3, 0.4) is 0 Å². The first-order chi connectivity index (χ1) is 15.5. The molecular formula is C26H29N3O3. The lowest BCUT2D eigenvalue weighted by atomic mass is 9.95. The van der Waals surface area contributed by atoms with E-state index in [9.17, 15) is 9.59 Å². The number of amides is 1. The summed E-state index contributed by atoms with van der Waals surface area (Å²) in [4.78, 5) is 33.2. The fourth-order valence-electron chi connectivity index (χ4n) is 4.14. The summed E-state index contributed by atoms with van der Waals surface area (Å²) in [5.74, 6) is -0.841. The number of fused-ring (bicyclic) bond motifs is 2. The lowest BCUT2D eigenvalue weighted by Gasteiger charge is -2.29. The zero-order valence-corrected chi connectivity index (χ0v) is 18.9. The molecule has 1 aromatic heterocycles. The quantitative estimate of drug-likeness (QED) is 0.582. The van der Waals surface area contributed by atoms with Crippen molar-refractivity contribution in [3.05, 3.63) is 70.9 Å². The minimum absolute atomic E-state index is 0.359. The van der Waals surface area contributed by atoms with Gasteiger partial charge in [-0.15, -0.1) is 0 Å². The summed E-state index contributed by atoms with van der Waals surface area (Å²) in [6.07, 6.45) is 0.915. The zero-order chi connectivity index (χ0) is 22.7. The molecule has 1 amide bonds. The second kappa shape index (κ2) is 9.49. The molecule has 0 aliphatic carbocycles. The molecular weight excluding hydrogens is 402 g/mol. The van der Waals surface area contributed by atoms with E-state index in [4.69, 9.17) is 9.72 Å². The molecule has 0 bridgehead atoms. The second-order valence-electron chi connectivity index (χ2n) is 8.36. The second-order valence-corrected chi connectivity index (χ2v) is 8.36. The number of aromatic nitrogens is 1. The standard InChI is InChI=1S/C26H29N3O3/c1-4-14-29-15-13-23-21(16-29)24(20-7-5-6-8-22(20)28-23)26(31)32-18(3)25(30)27-19-11-9-17(2)10-12-19/h5-12,18H,4,13-16H2,1-3H3,(H,27,30). The van der Waals surface area contributed by atoms with Crippen LogP contribution < -0.4 is 5.32 Å². The molecule has 3 aromatic rings. The minimum atomic E-state index is -0.929. The van der Waals surface area contributed by atoms with Gasteiger partial charge in [-0.25, -0.2) is 4.79 Å². The highest BCUT2D eigenvalue weighted by molar-refractivity contribution is 6.06. The van der Waals surface area contributed by atoms with Gasteiger partial charge in [-0.3, -0.25) is 14.7 Å². The molecule has 1 atom stereocenters. The predicted molar refractivity (Wildman–Crippen MR) is 126 cm³/mol. The highest BCUT2D eigenvalue weighted by Crippen LogP contribution is 2.29. The Kier molecular flexibility index (Phi) is 6.51. The molecule has 2 aromatic carbocycles. The highest BCUT2D eigenvalue weighted by atomic mass is 16.5. The van der Waals surface area contributed by atoms with Gasteiger partial charge in [-0.05, 0) is 45.0 Å². The van der Waals surface area contributed by atoms with Crippen LogP contribution in [-0.2, 0) is 22.5 Å². The van der Waals surface area contributed by atoms with Crippen molar-refractivity contribution in [3.8, 4) is 0 Å². The molecule has 0 spiro atoms. The number of ether oxygens (including phenoxy) is 1. The number of hydrogen-bond acceptors (Lipinski definition) is 5. The normalized spacial score (nSPS) is 14.6. The van der Waals surface area contributed by atoms with Crippen molar-refractivity contribution < 1.29 is 14.3 Å². The van der Waals surface area contributed by atoms with Crippen LogP contribution in [0, 0.1) is 6.92 Å². The van der Waals surface area contributed by atoms with Gasteiger partial charge in [0.15, 0.2) is 6.10 Å². The van der Waals surface area contributed by atoms with Crippen LogP contribution in [0.1, 0.15) is 47.4 Å². The van der Waals surface area contributed by atoms with Gasteiger partial charge in [0.25, 0.3) is 5.91 Å². The number of carbonyl (C=O) groups excluding carboxylic acids is 2. The Balaban J connectivity index is 1.60. The molecule has 1 aliphatic heterocycles. The van der Waals surface area contributed by atoms with E-state index >= 15 is 0 Å². The zero-order valence-electron chi connectivity index (χ0n) is 18.9. The number of nitrogens with zero attached hydrogens (tertiary/aromatic N) is 2. The van der Waals surface area contributed by atoms with Gasteiger partial charge in [0.05, 0.1) is 11.1 Å². The summed E-state index contributed by atoms with van der Waals surface area (Å²) in [7, 11) is 0. The van der Waals surface area contributed by atoms with Crippen molar-refractivity contribution in [2.24, 2.45) is 0 Å². The summed E-state index contributed by atoms with van der Waals surface area (Å²) in [6.45, 7) is 8.29. The maximum atomic E-state index is 13.4. The largest absolute Gasteiger partial charge is 0.449 e. The minimum Gasteiger partial charge on any atom is -0.449 e. The summed E-state index contributed by atoms with van der Waals surface area (Å²) in [6, 6.07) is 15.1. The molecule has 0 radical (unpaired) electrons. The maximum absolute atomic E-state index is 13.4. The number of aryl methyl sites for hydroxylation is 1. The Labute approximate surface area is 188 Å². The summed E-state index contributed by atoms with van der Waals surface area (Å²) >= 11 is 0. The van der Waals surface area contributed by atoms with Crippen LogP contribution in [0.25, 0.3) is 10.9 Å². The molecule has 1 N–H and O–H groups in total. The molecule has 4 rings (SSSR count). The Morgan fingerprint density at radius 2 is 1.91 bits per heavy atom. The number of hydrogen-bond donors (Lipinski definition) is 1. The van der Waals surface area contributed by atoms with E-state index in [0.717, 1.165) is 53.7 Å². The van der Waals surface area contributed by atoms with E-state index in [-0.39, 0.29) is 5.91 Å². The van der Waals surface area contributed by atoms with Gasteiger partial charge in [0.2, 0.25) is 0 Å². The number of rotatable bonds is 6. The third-order valence-corrected chi connectivity index (χ3v) is 5.84. The Morgan fingerprint density at radius 1 is 1.16 bits per heavy atom. The summed E-state index contributed by atoms with van der Waals surface area (Å²) < 4.78 is 5.67. The number of benzene rings is 2. The van der Waals surface area contributed by atoms with Gasteiger partial charge in [-0.1, -0.05) is 42.8 Å². The molecule has 2 heterocycles. The number of pyridine rings is 1. The molecule has 0 saturated heterocycles. The van der Waals surface area contributed by atoms with Crippen LogP contribution in [0.4, 0.5) is 5.69 Å². The first-order valence-electron chi connectivity index (χ1n) is 11.2. The molecule has 1 unspecified atom stereocenters. The molecule has 0 fully saturated rings.